The molecule has 20 heavy (non-hydrogen) atoms. The largest absolute Gasteiger partial charge is 0.314 e. The lowest BCUT2D eigenvalue weighted by Crippen LogP contribution is -2.33. The van der Waals surface area contributed by atoms with Gasteiger partial charge in [0.25, 0.3) is 0 Å². The van der Waals surface area contributed by atoms with Crippen LogP contribution < -0.4 is 5.32 Å². The summed E-state index contributed by atoms with van der Waals surface area (Å²) in [5.74, 6) is 0. The first-order chi connectivity index (χ1) is 9.54. The fourth-order valence-corrected chi connectivity index (χ4v) is 3.05. The van der Waals surface area contributed by atoms with E-state index in [1.165, 1.54) is 22.8 Å². The lowest BCUT2D eigenvalue weighted by Gasteiger charge is -2.30. The topological polar surface area (TPSA) is 24.9 Å². The summed E-state index contributed by atoms with van der Waals surface area (Å²) in [4.78, 5) is 4.23. The van der Waals surface area contributed by atoms with Crippen LogP contribution in [0, 0.1) is 0 Å². The Balaban J connectivity index is 2.27. The molecule has 2 nitrogen and oxygen atoms in total. The van der Waals surface area contributed by atoms with E-state index in [1.807, 2.05) is 12.4 Å². The predicted molar refractivity (Wildman–Crippen MR) is 87.1 cm³/mol. The maximum Gasteiger partial charge on any atom is 0.0346 e. The van der Waals surface area contributed by atoms with Crippen molar-refractivity contribution >= 4 is 10.8 Å². The number of aromatic nitrogens is 1. The number of fused-ring (bicyclic) bond motifs is 1. The van der Waals surface area contributed by atoms with Crippen molar-refractivity contribution in [2.24, 2.45) is 0 Å². The van der Waals surface area contributed by atoms with Crippen LogP contribution in [0.4, 0.5) is 0 Å². The predicted octanol–water partition coefficient (Wildman–Crippen LogP) is 4.29. The summed E-state index contributed by atoms with van der Waals surface area (Å²) >= 11 is 0. The van der Waals surface area contributed by atoms with Gasteiger partial charge in [-0.2, -0.15) is 0 Å². The van der Waals surface area contributed by atoms with Gasteiger partial charge in [-0.15, -0.1) is 0 Å². The van der Waals surface area contributed by atoms with E-state index in [9.17, 15) is 0 Å². The van der Waals surface area contributed by atoms with Crippen LogP contribution in [0.15, 0.2) is 36.7 Å². The minimum Gasteiger partial charge on any atom is -0.314 e. The Morgan fingerprint density at radius 1 is 1.25 bits per heavy atom. The zero-order valence-electron chi connectivity index (χ0n) is 13.1. The number of hydrogen-bond donors (Lipinski definition) is 1. The Labute approximate surface area is 122 Å². The zero-order chi connectivity index (χ0) is 14.6. The van der Waals surface area contributed by atoms with Crippen LogP contribution in [-0.2, 0) is 5.41 Å². The minimum atomic E-state index is 0.154. The summed E-state index contributed by atoms with van der Waals surface area (Å²) in [5.41, 5.74) is 1.57. The highest BCUT2D eigenvalue weighted by Gasteiger charge is 2.24. The van der Waals surface area contributed by atoms with Crippen LogP contribution in [0.3, 0.4) is 0 Å². The molecule has 1 aromatic heterocycles. The average molecular weight is 270 g/mol. The molecular weight excluding hydrogens is 244 g/mol. The van der Waals surface area contributed by atoms with Gasteiger partial charge in [-0.3, -0.25) is 4.98 Å². The Morgan fingerprint density at radius 3 is 2.80 bits per heavy atom. The lowest BCUT2D eigenvalue weighted by atomic mass is 9.77. The average Bonchev–Trinajstić information content (AvgIpc) is 2.44. The normalized spacial score (nSPS) is 13.6. The van der Waals surface area contributed by atoms with Crippen LogP contribution >= 0.6 is 0 Å². The lowest BCUT2D eigenvalue weighted by molar-refractivity contribution is 0.392. The van der Waals surface area contributed by atoms with Crippen molar-refractivity contribution in [3.8, 4) is 0 Å². The Kier molecular flexibility index (Phi) is 4.77. The first-order valence-corrected chi connectivity index (χ1v) is 7.61. The van der Waals surface area contributed by atoms with Gasteiger partial charge in [0.1, 0.15) is 0 Å². The molecule has 2 heteroatoms. The first kappa shape index (κ1) is 15.0. The Morgan fingerprint density at radius 2 is 2.05 bits per heavy atom. The molecule has 0 aliphatic carbocycles. The third-order valence-electron chi connectivity index (χ3n) is 3.97. The molecule has 0 aliphatic heterocycles. The summed E-state index contributed by atoms with van der Waals surface area (Å²) in [7, 11) is 0. The molecule has 108 valence electrons. The second kappa shape index (κ2) is 6.36. The molecule has 1 aromatic carbocycles. The molecule has 0 fully saturated rings. The van der Waals surface area contributed by atoms with Gasteiger partial charge >= 0.3 is 0 Å². The molecule has 0 spiro atoms. The Hall–Kier alpha value is -1.41. The van der Waals surface area contributed by atoms with E-state index in [2.05, 4.69) is 62.3 Å². The van der Waals surface area contributed by atoms with E-state index in [0.717, 1.165) is 13.0 Å². The number of nitrogens with one attached hydrogen (secondary N) is 1. The van der Waals surface area contributed by atoms with Crippen molar-refractivity contribution in [3.05, 3.63) is 42.2 Å². The van der Waals surface area contributed by atoms with Gasteiger partial charge in [0.2, 0.25) is 0 Å². The summed E-state index contributed by atoms with van der Waals surface area (Å²) in [6.45, 7) is 10.3. The second-order valence-corrected chi connectivity index (χ2v) is 6.35. The van der Waals surface area contributed by atoms with Gasteiger partial charge in [0.15, 0.2) is 0 Å². The van der Waals surface area contributed by atoms with Crippen LogP contribution in [0.2, 0.25) is 0 Å². The van der Waals surface area contributed by atoms with E-state index in [-0.39, 0.29) is 5.41 Å². The van der Waals surface area contributed by atoms with E-state index < -0.39 is 0 Å². The number of pyridine rings is 1. The van der Waals surface area contributed by atoms with Crippen molar-refractivity contribution in [1.29, 1.82) is 0 Å². The summed E-state index contributed by atoms with van der Waals surface area (Å²) in [6.07, 6.45) is 6.16. The molecule has 1 atom stereocenters. The highest BCUT2D eigenvalue weighted by atomic mass is 14.9. The van der Waals surface area contributed by atoms with E-state index in [0.29, 0.717) is 6.04 Å². The fraction of sp³-hybridized carbons (Fsp3) is 0.500. The highest BCUT2D eigenvalue weighted by molar-refractivity contribution is 5.85. The van der Waals surface area contributed by atoms with E-state index >= 15 is 0 Å². The molecule has 0 aliphatic rings. The fourth-order valence-electron chi connectivity index (χ4n) is 3.05. The molecule has 0 saturated heterocycles. The summed E-state index contributed by atoms with van der Waals surface area (Å²) in [5, 5.41) is 6.15. The van der Waals surface area contributed by atoms with Crippen LogP contribution in [0.25, 0.3) is 10.8 Å². The highest BCUT2D eigenvalue weighted by Crippen LogP contribution is 2.33. The van der Waals surface area contributed by atoms with Gasteiger partial charge in [-0.1, -0.05) is 39.0 Å². The molecule has 1 unspecified atom stereocenters. The van der Waals surface area contributed by atoms with Crippen LogP contribution in [0.1, 0.15) is 46.1 Å². The molecule has 2 rings (SSSR count). The molecular formula is C18H26N2. The number of hydrogen-bond acceptors (Lipinski definition) is 2. The zero-order valence-corrected chi connectivity index (χ0v) is 13.1. The van der Waals surface area contributed by atoms with Crippen molar-refractivity contribution in [2.75, 3.05) is 6.54 Å². The second-order valence-electron chi connectivity index (χ2n) is 6.35. The molecule has 0 saturated carbocycles. The first-order valence-electron chi connectivity index (χ1n) is 7.61. The molecule has 0 amide bonds. The third kappa shape index (κ3) is 3.37. The molecule has 2 aromatic rings. The standard InChI is InChI=1S/C18H26N2/c1-5-10-20-14(2)12-18(3,4)17-8-6-7-15-13-19-11-9-16(15)17/h6-9,11,13-14,20H,5,10,12H2,1-4H3. The number of benzene rings is 1. The monoisotopic (exact) mass is 270 g/mol. The van der Waals surface area contributed by atoms with Gasteiger partial charge in [0.05, 0.1) is 0 Å². The number of rotatable bonds is 6. The van der Waals surface area contributed by atoms with Gasteiger partial charge < -0.3 is 5.32 Å². The SMILES string of the molecule is CCCNC(C)CC(C)(C)c1cccc2cnccc12. The van der Waals surface area contributed by atoms with E-state index in [4.69, 9.17) is 0 Å². The van der Waals surface area contributed by atoms with Crippen molar-refractivity contribution in [1.82, 2.24) is 10.3 Å². The number of nitrogens with zero attached hydrogens (tertiary/aromatic N) is 1. The summed E-state index contributed by atoms with van der Waals surface area (Å²) in [6, 6.07) is 9.21. The quantitative estimate of drug-likeness (QED) is 0.847. The van der Waals surface area contributed by atoms with Gasteiger partial charge in [-0.05, 0) is 48.7 Å². The molecule has 0 bridgehead atoms. The van der Waals surface area contributed by atoms with E-state index in [1.54, 1.807) is 0 Å². The Bertz CT molecular complexity index is 555. The third-order valence-corrected chi connectivity index (χ3v) is 3.97. The van der Waals surface area contributed by atoms with Crippen LogP contribution in [0.5, 0.6) is 0 Å². The smallest absolute Gasteiger partial charge is 0.0346 e. The van der Waals surface area contributed by atoms with Crippen molar-refractivity contribution in [2.45, 2.75) is 52.0 Å². The van der Waals surface area contributed by atoms with Crippen LogP contribution in [-0.4, -0.2) is 17.6 Å². The maximum atomic E-state index is 4.23. The minimum absolute atomic E-state index is 0.154. The molecule has 1 N–H and O–H groups in total. The summed E-state index contributed by atoms with van der Waals surface area (Å²) < 4.78 is 0. The van der Waals surface area contributed by atoms with Gasteiger partial charge in [0, 0.05) is 23.8 Å². The molecule has 1 heterocycles. The van der Waals surface area contributed by atoms with Gasteiger partial charge in [-0.25, -0.2) is 0 Å². The van der Waals surface area contributed by atoms with Crippen molar-refractivity contribution < 1.29 is 0 Å². The maximum absolute atomic E-state index is 4.23. The van der Waals surface area contributed by atoms with Crippen molar-refractivity contribution in [3.63, 3.8) is 0 Å². The molecule has 0 radical (unpaired) electrons.